The van der Waals surface area contributed by atoms with Crippen molar-refractivity contribution < 1.29 is 11.0 Å². The maximum atomic E-state index is 9.46. The Morgan fingerprint density at radius 2 is 0.792 bits per heavy atom. The van der Waals surface area contributed by atoms with Crippen LogP contribution >= 0.6 is 0 Å². The Kier molecular flexibility index (Phi) is 4.46. The van der Waals surface area contributed by atoms with E-state index in [1.165, 1.54) is 0 Å². The Labute approximate surface area is 290 Å². The number of benzene rings is 10. The van der Waals surface area contributed by atoms with Gasteiger partial charge in [-0.25, -0.2) is 0 Å². The lowest BCUT2D eigenvalue weighted by atomic mass is 9.84. The first-order valence-corrected chi connectivity index (χ1v) is 16.0. The fourth-order valence-electron chi connectivity index (χ4n) is 7.59. The van der Waals surface area contributed by atoms with Crippen molar-refractivity contribution in [2.75, 3.05) is 0 Å². The summed E-state index contributed by atoms with van der Waals surface area (Å²) in [6.07, 6.45) is 0. The quantitative estimate of drug-likeness (QED) is 0.137. The van der Waals surface area contributed by atoms with Gasteiger partial charge in [0.05, 0.1) is 11.0 Å². The molecule has 0 aliphatic carbocycles. The molecule has 10 aromatic carbocycles. The highest BCUT2D eigenvalue weighted by molar-refractivity contribution is 6.24. The minimum absolute atomic E-state index is 0.197. The summed E-state index contributed by atoms with van der Waals surface area (Å²) in [6, 6.07) is 41.4. The molecule has 0 radical (unpaired) electrons. The normalized spacial score (nSPS) is 14.1. The molecule has 48 heavy (non-hydrogen) atoms. The molecule has 0 heterocycles. The van der Waals surface area contributed by atoms with Crippen LogP contribution < -0.4 is 0 Å². The van der Waals surface area contributed by atoms with Crippen LogP contribution in [0, 0.1) is 0 Å². The van der Waals surface area contributed by atoms with Gasteiger partial charge < -0.3 is 0 Å². The lowest BCUT2D eigenvalue weighted by molar-refractivity contribution is 1.65. The van der Waals surface area contributed by atoms with Crippen LogP contribution in [0.15, 0.2) is 182 Å². The smallest absolute Gasteiger partial charge is 0.0616 e. The van der Waals surface area contributed by atoms with Gasteiger partial charge in [0.15, 0.2) is 0 Å². The standard InChI is InChI=1S/C48H30/c1-4-19-36-31(13-1)16-12-26-39(36)48-42-24-9-7-22-40(42)47(41-23-8-10-25-43(41)48)35-18-11-17-34(29-35)46-38-21-6-3-15-33(38)30-45-37-20-5-2-14-32(37)27-28-44(45)46/h1-30H/i7D,8D,9D,10D,22D,23D,24D,25D. The molecule has 0 saturated carbocycles. The number of fused-ring (bicyclic) bond motifs is 7. The highest BCUT2D eigenvalue weighted by Gasteiger charge is 2.19. The molecule has 10 rings (SSSR count). The minimum Gasteiger partial charge on any atom is -0.0616 e. The summed E-state index contributed by atoms with van der Waals surface area (Å²) in [5, 5.41) is 8.98. The van der Waals surface area contributed by atoms with E-state index in [1.807, 2.05) is 91.0 Å². The van der Waals surface area contributed by atoms with Gasteiger partial charge in [0.2, 0.25) is 0 Å². The van der Waals surface area contributed by atoms with Crippen LogP contribution in [0.4, 0.5) is 0 Å². The van der Waals surface area contributed by atoms with E-state index in [9.17, 15) is 5.48 Å². The summed E-state index contributed by atoms with van der Waals surface area (Å²) in [6.45, 7) is 0. The van der Waals surface area contributed by atoms with Gasteiger partial charge in [-0.05, 0) is 110 Å². The van der Waals surface area contributed by atoms with Crippen LogP contribution in [-0.4, -0.2) is 0 Å². The maximum absolute atomic E-state index is 9.46. The van der Waals surface area contributed by atoms with Gasteiger partial charge in [-0.15, -0.1) is 0 Å². The van der Waals surface area contributed by atoms with Crippen LogP contribution in [-0.2, 0) is 0 Å². The van der Waals surface area contributed by atoms with Crippen molar-refractivity contribution in [3.05, 3.63) is 182 Å². The van der Waals surface area contributed by atoms with Gasteiger partial charge in [-0.2, -0.15) is 0 Å². The molecule has 0 aliphatic rings. The highest BCUT2D eigenvalue weighted by Crippen LogP contribution is 2.46. The molecule has 0 amide bonds. The van der Waals surface area contributed by atoms with E-state index in [1.54, 1.807) is 0 Å². The van der Waals surface area contributed by atoms with Gasteiger partial charge in [0.25, 0.3) is 0 Å². The number of hydrogen-bond donors (Lipinski definition) is 0. The van der Waals surface area contributed by atoms with Crippen molar-refractivity contribution in [2.24, 2.45) is 0 Å². The van der Waals surface area contributed by atoms with E-state index in [0.717, 1.165) is 54.2 Å². The van der Waals surface area contributed by atoms with E-state index < -0.39 is 24.2 Å². The van der Waals surface area contributed by atoms with Gasteiger partial charge in [-0.3, -0.25) is 0 Å². The zero-order valence-corrected chi connectivity index (χ0v) is 25.7. The van der Waals surface area contributed by atoms with Gasteiger partial charge in [-0.1, -0.05) is 170 Å². The molecule has 0 fully saturated rings. The topological polar surface area (TPSA) is 0 Å². The highest BCUT2D eigenvalue weighted by atomic mass is 14.2. The van der Waals surface area contributed by atoms with Gasteiger partial charge >= 0.3 is 0 Å². The molecule has 0 heteroatoms. The molecule has 0 unspecified atom stereocenters. The molecular weight excluding hydrogens is 577 g/mol. The van der Waals surface area contributed by atoms with Crippen molar-refractivity contribution in [1.29, 1.82) is 0 Å². The average molecular weight is 615 g/mol. The minimum atomic E-state index is -0.420. The molecule has 0 aromatic heterocycles. The third kappa shape index (κ3) is 4.03. The second-order valence-electron chi connectivity index (χ2n) is 12.2. The predicted octanol–water partition coefficient (Wildman–Crippen LogP) is 13.6. The lowest BCUT2D eigenvalue weighted by Gasteiger charge is -2.19. The largest absolute Gasteiger partial charge is 0.0629 e. The van der Waals surface area contributed by atoms with Crippen molar-refractivity contribution in [2.45, 2.75) is 0 Å². The van der Waals surface area contributed by atoms with Crippen LogP contribution in [0.2, 0.25) is 0 Å². The van der Waals surface area contributed by atoms with E-state index in [2.05, 4.69) is 42.5 Å². The van der Waals surface area contributed by atoms with Crippen molar-refractivity contribution in [1.82, 2.24) is 0 Å². The second kappa shape index (κ2) is 10.7. The molecular formula is C48H30. The SMILES string of the molecule is [2H]c1c([2H])c([2H])c2c(-c3cccc4ccccc34)c3c([2H])c([2H])c([2H])c([2H])c3c(-c3cccc(-c4c5ccccc5cc5c4ccc4ccccc45)c3)c2c1[2H]. The van der Waals surface area contributed by atoms with E-state index in [4.69, 9.17) is 5.48 Å². The first-order chi connectivity index (χ1) is 27.2. The summed E-state index contributed by atoms with van der Waals surface area (Å²) in [5.74, 6) is 0. The second-order valence-corrected chi connectivity index (χ2v) is 12.2. The third-order valence-electron chi connectivity index (χ3n) is 9.64. The molecule has 0 nitrogen and oxygen atoms in total. The summed E-state index contributed by atoms with van der Waals surface area (Å²) in [7, 11) is 0. The molecule has 10 aromatic rings. The fraction of sp³-hybridized carbons (Fsp3) is 0. The predicted molar refractivity (Wildman–Crippen MR) is 208 cm³/mol. The van der Waals surface area contributed by atoms with Gasteiger partial charge in [0, 0.05) is 0 Å². The van der Waals surface area contributed by atoms with Crippen LogP contribution in [0.1, 0.15) is 11.0 Å². The Hall–Kier alpha value is -6.24. The Bertz CT molecular complexity index is 3260. The van der Waals surface area contributed by atoms with Crippen molar-refractivity contribution >= 4 is 64.6 Å². The molecule has 0 bridgehead atoms. The molecule has 0 spiro atoms. The van der Waals surface area contributed by atoms with E-state index in [0.29, 0.717) is 22.3 Å². The van der Waals surface area contributed by atoms with E-state index in [-0.39, 0.29) is 45.7 Å². The van der Waals surface area contributed by atoms with Crippen LogP contribution in [0.3, 0.4) is 0 Å². The van der Waals surface area contributed by atoms with Gasteiger partial charge in [0.1, 0.15) is 0 Å². The fourth-order valence-corrected chi connectivity index (χ4v) is 7.59. The number of rotatable bonds is 3. The number of hydrogen-bond acceptors (Lipinski definition) is 0. The molecule has 0 atom stereocenters. The lowest BCUT2D eigenvalue weighted by Crippen LogP contribution is -1.92. The summed E-state index contributed by atoms with van der Waals surface area (Å²) in [4.78, 5) is 0. The average Bonchev–Trinajstić information content (AvgIpc) is 3.24. The molecule has 0 aliphatic heterocycles. The van der Waals surface area contributed by atoms with Crippen LogP contribution in [0.25, 0.3) is 98.0 Å². The summed E-state index contributed by atoms with van der Waals surface area (Å²) in [5.41, 5.74) is 3.71. The Balaban J connectivity index is 1.41. The van der Waals surface area contributed by atoms with Crippen LogP contribution in [0.5, 0.6) is 0 Å². The summed E-state index contributed by atoms with van der Waals surface area (Å²) < 4.78 is 73.3. The summed E-state index contributed by atoms with van der Waals surface area (Å²) >= 11 is 0. The Morgan fingerprint density at radius 1 is 0.292 bits per heavy atom. The molecule has 222 valence electrons. The molecule has 0 saturated heterocycles. The first-order valence-electron chi connectivity index (χ1n) is 20.0. The van der Waals surface area contributed by atoms with Crippen molar-refractivity contribution in [3.63, 3.8) is 0 Å². The zero-order valence-electron chi connectivity index (χ0n) is 33.7. The monoisotopic (exact) mass is 614 g/mol. The zero-order chi connectivity index (χ0) is 38.6. The third-order valence-corrected chi connectivity index (χ3v) is 9.64. The van der Waals surface area contributed by atoms with E-state index >= 15 is 0 Å². The van der Waals surface area contributed by atoms with Crippen molar-refractivity contribution in [3.8, 4) is 33.4 Å². The molecule has 0 N–H and O–H groups in total. The maximum Gasteiger partial charge on any atom is 0.0629 e. The Morgan fingerprint density at radius 3 is 1.48 bits per heavy atom. The first kappa shape index (κ1) is 20.1.